The fourth-order valence-corrected chi connectivity index (χ4v) is 1.50. The van der Waals surface area contributed by atoms with Crippen molar-refractivity contribution in [2.45, 2.75) is 0 Å². The van der Waals surface area contributed by atoms with Gasteiger partial charge in [-0.3, -0.25) is 4.79 Å². The predicted octanol–water partition coefficient (Wildman–Crippen LogP) is 1.50. The topological polar surface area (TPSA) is 52.3 Å². The van der Waals surface area contributed by atoms with Crippen molar-refractivity contribution in [3.05, 3.63) is 34.7 Å². The van der Waals surface area contributed by atoms with Gasteiger partial charge in [0.2, 0.25) is 5.91 Å². The smallest absolute Gasteiger partial charge is 0.226 e. The molecule has 3 nitrogen and oxygen atoms in total. The first kappa shape index (κ1) is 10.1. The molecule has 0 saturated heterocycles. The number of primary amides is 1. The maximum Gasteiger partial charge on any atom is 0.226 e. The molecule has 0 fully saturated rings. The highest BCUT2D eigenvalue weighted by Crippen LogP contribution is 2.25. The molecule has 0 atom stereocenters. The SMILES string of the molecule is COc1ccc([CH]C(N)=O)cc1Br. The number of methoxy groups -OCH3 is 1. The van der Waals surface area contributed by atoms with Crippen LogP contribution in [-0.2, 0) is 4.79 Å². The average Bonchev–Trinajstić information content (AvgIpc) is 2.03. The van der Waals surface area contributed by atoms with Gasteiger partial charge in [-0.05, 0) is 33.6 Å². The van der Waals surface area contributed by atoms with Crippen molar-refractivity contribution in [3.63, 3.8) is 0 Å². The molecule has 2 N–H and O–H groups in total. The Labute approximate surface area is 85.0 Å². The minimum atomic E-state index is -0.461. The van der Waals surface area contributed by atoms with Gasteiger partial charge in [0.15, 0.2) is 0 Å². The van der Waals surface area contributed by atoms with E-state index in [2.05, 4.69) is 15.9 Å². The third-order valence-electron chi connectivity index (χ3n) is 1.48. The van der Waals surface area contributed by atoms with Gasteiger partial charge in [0.1, 0.15) is 5.75 Å². The highest BCUT2D eigenvalue weighted by Gasteiger charge is 2.03. The molecule has 0 aliphatic heterocycles. The van der Waals surface area contributed by atoms with E-state index in [4.69, 9.17) is 10.5 Å². The zero-order chi connectivity index (χ0) is 9.84. The second kappa shape index (κ2) is 4.28. The summed E-state index contributed by atoms with van der Waals surface area (Å²) < 4.78 is 5.82. The highest BCUT2D eigenvalue weighted by atomic mass is 79.9. The first-order valence-corrected chi connectivity index (χ1v) is 4.40. The van der Waals surface area contributed by atoms with E-state index in [1.165, 1.54) is 6.42 Å². The van der Waals surface area contributed by atoms with E-state index >= 15 is 0 Å². The Morgan fingerprint density at radius 1 is 1.62 bits per heavy atom. The molecule has 0 aliphatic rings. The molecule has 0 bridgehead atoms. The van der Waals surface area contributed by atoms with E-state index < -0.39 is 5.91 Å². The number of hydrogen-bond acceptors (Lipinski definition) is 2. The molecule has 1 aromatic rings. The molecule has 69 valence electrons. The molecule has 1 aromatic carbocycles. The van der Waals surface area contributed by atoms with E-state index in [1.807, 2.05) is 0 Å². The van der Waals surface area contributed by atoms with Gasteiger partial charge in [0.25, 0.3) is 0 Å². The number of carbonyl (C=O) groups excluding carboxylic acids is 1. The average molecular weight is 243 g/mol. The zero-order valence-corrected chi connectivity index (χ0v) is 8.67. The summed E-state index contributed by atoms with van der Waals surface area (Å²) in [4.78, 5) is 10.6. The first-order valence-electron chi connectivity index (χ1n) is 3.61. The molecule has 0 saturated carbocycles. The maximum atomic E-state index is 10.6. The number of benzene rings is 1. The number of hydrogen-bond donors (Lipinski definition) is 1. The van der Waals surface area contributed by atoms with Crippen molar-refractivity contribution in [2.75, 3.05) is 7.11 Å². The lowest BCUT2D eigenvalue weighted by atomic mass is 10.1. The van der Waals surface area contributed by atoms with E-state index in [0.29, 0.717) is 0 Å². The molecular weight excluding hydrogens is 234 g/mol. The molecule has 1 rings (SSSR count). The fraction of sp³-hybridized carbons (Fsp3) is 0.111. The van der Waals surface area contributed by atoms with Gasteiger partial charge in [0.05, 0.1) is 18.0 Å². The van der Waals surface area contributed by atoms with Crippen LogP contribution in [0.25, 0.3) is 0 Å². The van der Waals surface area contributed by atoms with Crippen LogP contribution >= 0.6 is 15.9 Å². The van der Waals surface area contributed by atoms with Gasteiger partial charge in [-0.15, -0.1) is 0 Å². The summed E-state index contributed by atoms with van der Waals surface area (Å²) in [5, 5.41) is 0. The molecular formula is C9H9BrNO2. The first-order chi connectivity index (χ1) is 6.13. The normalized spacial score (nSPS) is 9.69. The molecule has 0 heterocycles. The van der Waals surface area contributed by atoms with Crippen molar-refractivity contribution in [2.24, 2.45) is 5.73 Å². The Bertz CT molecular complexity index is 325. The number of halogens is 1. The van der Waals surface area contributed by atoms with Crippen LogP contribution in [0.3, 0.4) is 0 Å². The summed E-state index contributed by atoms with van der Waals surface area (Å²) in [5.74, 6) is 0.263. The Kier molecular flexibility index (Phi) is 3.31. The van der Waals surface area contributed by atoms with Crippen LogP contribution in [0.15, 0.2) is 22.7 Å². The third-order valence-corrected chi connectivity index (χ3v) is 2.10. The second-order valence-electron chi connectivity index (χ2n) is 2.44. The number of rotatable bonds is 3. The molecule has 1 radical (unpaired) electrons. The number of carbonyl (C=O) groups is 1. The minimum Gasteiger partial charge on any atom is -0.496 e. The highest BCUT2D eigenvalue weighted by molar-refractivity contribution is 9.10. The summed E-state index contributed by atoms with van der Waals surface area (Å²) in [6, 6.07) is 5.29. The molecule has 0 spiro atoms. The number of nitrogens with two attached hydrogens (primary N) is 1. The van der Waals surface area contributed by atoms with Crippen LogP contribution < -0.4 is 10.5 Å². The monoisotopic (exact) mass is 242 g/mol. The van der Waals surface area contributed by atoms with Gasteiger partial charge in [-0.1, -0.05) is 6.07 Å². The Morgan fingerprint density at radius 2 is 2.31 bits per heavy atom. The van der Waals surface area contributed by atoms with Gasteiger partial charge in [-0.2, -0.15) is 0 Å². The lowest BCUT2D eigenvalue weighted by Gasteiger charge is -2.04. The number of ether oxygens (including phenoxy) is 1. The quantitative estimate of drug-likeness (QED) is 0.874. The van der Waals surface area contributed by atoms with E-state index in [1.54, 1.807) is 25.3 Å². The minimum absolute atomic E-state index is 0.461. The largest absolute Gasteiger partial charge is 0.496 e. The summed E-state index contributed by atoms with van der Waals surface area (Å²) in [5.41, 5.74) is 5.75. The summed E-state index contributed by atoms with van der Waals surface area (Å²) in [6.45, 7) is 0. The molecule has 13 heavy (non-hydrogen) atoms. The summed E-state index contributed by atoms with van der Waals surface area (Å²) in [6.07, 6.45) is 1.35. The lowest BCUT2D eigenvalue weighted by molar-refractivity contribution is -0.114. The summed E-state index contributed by atoms with van der Waals surface area (Å²) in [7, 11) is 1.58. The second-order valence-corrected chi connectivity index (χ2v) is 3.30. The van der Waals surface area contributed by atoms with Crippen LogP contribution in [0.2, 0.25) is 0 Å². The van der Waals surface area contributed by atoms with Gasteiger partial charge in [0, 0.05) is 0 Å². The Hall–Kier alpha value is -1.03. The van der Waals surface area contributed by atoms with E-state index in [9.17, 15) is 4.79 Å². The van der Waals surface area contributed by atoms with Crippen LogP contribution in [-0.4, -0.2) is 13.0 Å². The van der Waals surface area contributed by atoms with E-state index in [0.717, 1.165) is 15.8 Å². The number of amides is 1. The van der Waals surface area contributed by atoms with Crippen LogP contribution in [0, 0.1) is 6.42 Å². The van der Waals surface area contributed by atoms with Crippen LogP contribution in [0.1, 0.15) is 5.56 Å². The summed E-state index contributed by atoms with van der Waals surface area (Å²) >= 11 is 3.30. The van der Waals surface area contributed by atoms with Crippen molar-refractivity contribution in [3.8, 4) is 5.75 Å². The molecule has 4 heteroatoms. The van der Waals surface area contributed by atoms with Gasteiger partial charge >= 0.3 is 0 Å². The molecule has 0 unspecified atom stereocenters. The Morgan fingerprint density at radius 3 is 2.77 bits per heavy atom. The van der Waals surface area contributed by atoms with Crippen molar-refractivity contribution >= 4 is 21.8 Å². The maximum absolute atomic E-state index is 10.6. The molecule has 1 amide bonds. The Balaban J connectivity index is 2.89. The van der Waals surface area contributed by atoms with Crippen molar-refractivity contribution < 1.29 is 9.53 Å². The van der Waals surface area contributed by atoms with Crippen LogP contribution in [0.4, 0.5) is 0 Å². The standard InChI is InChI=1S/C9H9BrNO2/c1-13-8-3-2-6(4-7(8)10)5-9(11)12/h2-5H,1H3,(H2,11,12). The predicted molar refractivity (Wildman–Crippen MR) is 53.3 cm³/mol. The van der Waals surface area contributed by atoms with Crippen molar-refractivity contribution in [1.82, 2.24) is 0 Å². The lowest BCUT2D eigenvalue weighted by Crippen LogP contribution is -2.11. The molecule has 0 aromatic heterocycles. The third kappa shape index (κ3) is 2.73. The molecule has 0 aliphatic carbocycles. The van der Waals surface area contributed by atoms with Gasteiger partial charge < -0.3 is 10.5 Å². The fourth-order valence-electron chi connectivity index (χ4n) is 0.937. The van der Waals surface area contributed by atoms with Gasteiger partial charge in [-0.25, -0.2) is 0 Å². The van der Waals surface area contributed by atoms with E-state index in [-0.39, 0.29) is 0 Å². The van der Waals surface area contributed by atoms with Crippen molar-refractivity contribution in [1.29, 1.82) is 0 Å². The van der Waals surface area contributed by atoms with Crippen LogP contribution in [0.5, 0.6) is 5.75 Å². The zero-order valence-electron chi connectivity index (χ0n) is 7.08.